The molecule has 1 atom stereocenters. The Hall–Kier alpha value is -2.98. The molecule has 0 fully saturated rings. The first-order chi connectivity index (χ1) is 12.5. The summed E-state index contributed by atoms with van der Waals surface area (Å²) in [7, 11) is 1.59. The van der Waals surface area contributed by atoms with Gasteiger partial charge in [-0.3, -0.25) is 0 Å². The minimum Gasteiger partial charge on any atom is -0.497 e. The number of ether oxygens (including phenoxy) is 3. The van der Waals surface area contributed by atoms with Crippen molar-refractivity contribution in [2.75, 3.05) is 13.7 Å². The van der Waals surface area contributed by atoms with Gasteiger partial charge in [0.1, 0.15) is 23.0 Å². The minimum absolute atomic E-state index is 0.00386. The summed E-state index contributed by atoms with van der Waals surface area (Å²) in [6.07, 6.45) is 0. The van der Waals surface area contributed by atoms with Crippen LogP contribution in [0.5, 0.6) is 11.5 Å². The third kappa shape index (κ3) is 2.89. The molecule has 6 nitrogen and oxygen atoms in total. The highest BCUT2D eigenvalue weighted by Gasteiger charge is 2.37. The third-order valence-corrected chi connectivity index (χ3v) is 5.29. The van der Waals surface area contributed by atoms with Gasteiger partial charge in [-0.05, 0) is 31.5 Å². The molecule has 1 aromatic carbocycles. The maximum Gasteiger partial charge on any atom is 0.343 e. The van der Waals surface area contributed by atoms with Crippen LogP contribution in [0.25, 0.3) is 0 Å². The van der Waals surface area contributed by atoms with Crippen LogP contribution in [-0.4, -0.2) is 19.7 Å². The number of methoxy groups -OCH3 is 1. The Labute approximate surface area is 155 Å². The number of carbonyl (C=O) groups excluding carboxylic acids is 1. The second-order valence-electron chi connectivity index (χ2n) is 5.65. The van der Waals surface area contributed by atoms with Crippen molar-refractivity contribution in [3.05, 3.63) is 56.6 Å². The van der Waals surface area contributed by atoms with Crippen LogP contribution < -0.4 is 15.2 Å². The standard InChI is InChI=1S/C19H18N2O4S/c1-4-24-19(22)14-10(2)26-17-15(11-5-7-12(23-3)8-6-11)13(9-20)18(21)25-16(14)17/h5-8,15H,4,21H2,1-3H3/t15-/m0/s1. The lowest BCUT2D eigenvalue weighted by Crippen LogP contribution is -2.21. The molecule has 2 N–H and O–H groups in total. The Balaban J connectivity index is 2.17. The van der Waals surface area contributed by atoms with E-state index in [0.717, 1.165) is 15.3 Å². The number of benzene rings is 1. The molecule has 26 heavy (non-hydrogen) atoms. The molecule has 0 amide bonds. The lowest BCUT2D eigenvalue weighted by Gasteiger charge is -2.24. The second-order valence-corrected chi connectivity index (χ2v) is 6.90. The van der Waals surface area contributed by atoms with Crippen LogP contribution in [0, 0.1) is 18.3 Å². The minimum atomic E-state index is -0.454. The van der Waals surface area contributed by atoms with E-state index in [-0.39, 0.29) is 12.5 Å². The number of thiophene rings is 1. The number of esters is 1. The number of nitriles is 1. The second kappa shape index (κ2) is 7.10. The van der Waals surface area contributed by atoms with Crippen LogP contribution in [-0.2, 0) is 4.74 Å². The highest BCUT2D eigenvalue weighted by atomic mass is 32.1. The van der Waals surface area contributed by atoms with Gasteiger partial charge in [0.05, 0.1) is 24.5 Å². The Bertz CT molecular complexity index is 922. The monoisotopic (exact) mass is 370 g/mol. The van der Waals surface area contributed by atoms with Crippen molar-refractivity contribution >= 4 is 17.3 Å². The van der Waals surface area contributed by atoms with Gasteiger partial charge in [-0.25, -0.2) is 4.79 Å². The highest BCUT2D eigenvalue weighted by molar-refractivity contribution is 7.12. The molecule has 7 heteroatoms. The topological polar surface area (TPSA) is 94.6 Å². The van der Waals surface area contributed by atoms with E-state index in [9.17, 15) is 10.1 Å². The van der Waals surface area contributed by atoms with Gasteiger partial charge < -0.3 is 19.9 Å². The van der Waals surface area contributed by atoms with E-state index in [1.165, 1.54) is 11.3 Å². The zero-order valence-electron chi connectivity index (χ0n) is 14.7. The molecule has 0 bridgehead atoms. The van der Waals surface area contributed by atoms with Crippen molar-refractivity contribution in [2.45, 2.75) is 19.8 Å². The summed E-state index contributed by atoms with van der Waals surface area (Å²) in [5, 5.41) is 9.61. The maximum absolute atomic E-state index is 12.3. The molecule has 3 rings (SSSR count). The number of fused-ring (bicyclic) bond motifs is 1. The predicted octanol–water partition coefficient (Wildman–Crippen LogP) is 3.46. The zero-order valence-corrected chi connectivity index (χ0v) is 15.5. The Morgan fingerprint density at radius 1 is 1.38 bits per heavy atom. The number of nitrogens with two attached hydrogens (primary N) is 1. The third-order valence-electron chi connectivity index (χ3n) is 4.14. The van der Waals surface area contributed by atoms with Crippen LogP contribution in [0.2, 0.25) is 0 Å². The van der Waals surface area contributed by atoms with Crippen molar-refractivity contribution in [1.82, 2.24) is 0 Å². The number of allylic oxidation sites excluding steroid dienone is 1. The molecule has 1 aromatic heterocycles. The molecular formula is C19H18N2O4S. The number of hydrogen-bond acceptors (Lipinski definition) is 7. The first-order valence-corrected chi connectivity index (χ1v) is 8.85. The first kappa shape index (κ1) is 17.8. The average Bonchev–Trinajstić information content (AvgIpc) is 2.96. The summed E-state index contributed by atoms with van der Waals surface area (Å²) in [6, 6.07) is 9.54. The lowest BCUT2D eigenvalue weighted by molar-refractivity contribution is 0.0522. The van der Waals surface area contributed by atoms with Gasteiger partial charge in [0, 0.05) is 4.88 Å². The summed E-state index contributed by atoms with van der Waals surface area (Å²) in [6.45, 7) is 3.83. The van der Waals surface area contributed by atoms with Gasteiger partial charge in [-0.15, -0.1) is 11.3 Å². The van der Waals surface area contributed by atoms with E-state index < -0.39 is 11.9 Å². The number of aryl methyl sites for hydroxylation is 1. The van der Waals surface area contributed by atoms with E-state index >= 15 is 0 Å². The molecule has 1 aliphatic heterocycles. The molecular weight excluding hydrogens is 352 g/mol. The van der Waals surface area contributed by atoms with Crippen molar-refractivity contribution < 1.29 is 19.0 Å². The molecule has 0 aliphatic carbocycles. The highest BCUT2D eigenvalue weighted by Crippen LogP contribution is 2.49. The Morgan fingerprint density at radius 3 is 2.65 bits per heavy atom. The summed E-state index contributed by atoms with van der Waals surface area (Å²) in [5.41, 5.74) is 7.56. The summed E-state index contributed by atoms with van der Waals surface area (Å²) in [5.74, 6) is 0.240. The van der Waals surface area contributed by atoms with Crippen molar-refractivity contribution in [2.24, 2.45) is 5.73 Å². The van der Waals surface area contributed by atoms with Crippen LogP contribution >= 0.6 is 11.3 Å². The SMILES string of the molecule is CCOC(=O)c1c(C)sc2c1OC(N)=C(C#N)[C@@H]2c1ccc(OC)cc1. The van der Waals surface area contributed by atoms with Crippen LogP contribution in [0.1, 0.15) is 38.5 Å². The zero-order chi connectivity index (χ0) is 18.8. The predicted molar refractivity (Wildman–Crippen MR) is 97.3 cm³/mol. The van der Waals surface area contributed by atoms with Crippen LogP contribution in [0.3, 0.4) is 0 Å². The molecule has 2 heterocycles. The Morgan fingerprint density at radius 2 is 2.08 bits per heavy atom. The van der Waals surface area contributed by atoms with E-state index in [1.54, 1.807) is 14.0 Å². The number of nitrogens with zero attached hydrogens (tertiary/aromatic N) is 1. The average molecular weight is 370 g/mol. The first-order valence-electron chi connectivity index (χ1n) is 8.03. The fourth-order valence-electron chi connectivity index (χ4n) is 2.95. The van der Waals surface area contributed by atoms with Gasteiger partial charge in [-0.1, -0.05) is 12.1 Å². The summed E-state index contributed by atoms with van der Waals surface area (Å²) in [4.78, 5) is 13.9. The molecule has 0 saturated heterocycles. The maximum atomic E-state index is 12.3. The fourth-order valence-corrected chi connectivity index (χ4v) is 4.16. The van der Waals surface area contributed by atoms with Crippen molar-refractivity contribution in [3.8, 4) is 17.6 Å². The summed E-state index contributed by atoms with van der Waals surface area (Å²) < 4.78 is 16.0. The molecule has 2 aromatic rings. The van der Waals surface area contributed by atoms with E-state index in [4.69, 9.17) is 19.9 Å². The van der Waals surface area contributed by atoms with Gasteiger partial charge in [-0.2, -0.15) is 5.26 Å². The van der Waals surface area contributed by atoms with Crippen LogP contribution in [0.4, 0.5) is 0 Å². The molecule has 134 valence electrons. The Kier molecular flexibility index (Phi) is 4.87. The molecule has 0 unspecified atom stereocenters. The summed E-state index contributed by atoms with van der Waals surface area (Å²) >= 11 is 1.41. The van der Waals surface area contributed by atoms with E-state index in [2.05, 4.69) is 6.07 Å². The van der Waals surface area contributed by atoms with Crippen LogP contribution in [0.15, 0.2) is 35.7 Å². The van der Waals surface area contributed by atoms with E-state index in [0.29, 0.717) is 22.6 Å². The van der Waals surface area contributed by atoms with Gasteiger partial charge in [0.2, 0.25) is 5.88 Å². The quantitative estimate of drug-likeness (QED) is 0.828. The molecule has 1 aliphatic rings. The smallest absolute Gasteiger partial charge is 0.343 e. The fraction of sp³-hybridized carbons (Fsp3) is 0.263. The van der Waals surface area contributed by atoms with Gasteiger partial charge in [0.15, 0.2) is 5.75 Å². The molecule has 0 spiro atoms. The molecule has 0 saturated carbocycles. The lowest BCUT2D eigenvalue weighted by atomic mass is 9.88. The number of carbonyl (C=O) groups is 1. The van der Waals surface area contributed by atoms with Crippen molar-refractivity contribution in [3.63, 3.8) is 0 Å². The van der Waals surface area contributed by atoms with Crippen molar-refractivity contribution in [1.29, 1.82) is 5.26 Å². The van der Waals surface area contributed by atoms with Gasteiger partial charge >= 0.3 is 5.97 Å². The van der Waals surface area contributed by atoms with E-state index in [1.807, 2.05) is 31.2 Å². The molecule has 0 radical (unpaired) electrons. The van der Waals surface area contributed by atoms with Gasteiger partial charge in [0.25, 0.3) is 0 Å². The number of rotatable bonds is 4. The number of hydrogen-bond donors (Lipinski definition) is 1. The normalized spacial score (nSPS) is 15.7. The largest absolute Gasteiger partial charge is 0.497 e.